The van der Waals surface area contributed by atoms with Crippen molar-refractivity contribution < 1.29 is 27.4 Å². The van der Waals surface area contributed by atoms with Crippen molar-refractivity contribution in [1.82, 2.24) is 13.9 Å². The molecular weight excluding hydrogens is 457 g/mol. The summed E-state index contributed by atoms with van der Waals surface area (Å²) in [6, 6.07) is 10.4. The first kappa shape index (κ1) is 22.6. The van der Waals surface area contributed by atoms with Crippen molar-refractivity contribution in [2.45, 2.75) is 23.0 Å². The van der Waals surface area contributed by atoms with E-state index >= 15 is 0 Å². The summed E-state index contributed by atoms with van der Waals surface area (Å²) >= 11 is 1.36. The summed E-state index contributed by atoms with van der Waals surface area (Å²) in [6.45, 7) is 0.499. The minimum absolute atomic E-state index is 0.0860. The lowest BCUT2D eigenvalue weighted by Gasteiger charge is -2.17. The van der Waals surface area contributed by atoms with Gasteiger partial charge < -0.3 is 14.4 Å². The average molecular weight is 480 g/mol. The van der Waals surface area contributed by atoms with Crippen molar-refractivity contribution >= 4 is 38.8 Å². The van der Waals surface area contributed by atoms with Crippen molar-refractivity contribution in [3.63, 3.8) is 0 Å². The molecule has 1 aliphatic heterocycles. The maximum atomic E-state index is 13.6. The zero-order chi connectivity index (χ0) is 22.9. The standard InChI is InChI=1S/C21H22FN3O5S2/c1-30-16-3-5-17(6-4-16)32(28,29)24-9-8-14(11-24)13-31-21-23-18-10-15(22)2-7-19(18)25(21)12-20(26)27/h2-7,10,14H,8-9,11-13H2,1H3,(H,26,27). The number of ether oxygens (including phenoxy) is 1. The van der Waals surface area contributed by atoms with Gasteiger partial charge in [-0.1, -0.05) is 11.8 Å². The van der Waals surface area contributed by atoms with E-state index in [1.165, 1.54) is 53.5 Å². The van der Waals surface area contributed by atoms with E-state index in [0.29, 0.717) is 47.2 Å². The third-order valence-electron chi connectivity index (χ3n) is 5.36. The molecule has 1 N–H and O–H groups in total. The van der Waals surface area contributed by atoms with Gasteiger partial charge in [-0.2, -0.15) is 4.31 Å². The number of aliphatic carboxylic acids is 1. The number of thioether (sulfide) groups is 1. The SMILES string of the molecule is COc1ccc(S(=O)(=O)N2CCC(CSc3nc4cc(F)ccc4n3CC(=O)O)C2)cc1. The summed E-state index contributed by atoms with van der Waals surface area (Å²) in [5.74, 6) is -0.219. The Hall–Kier alpha value is -2.63. The van der Waals surface area contributed by atoms with Gasteiger partial charge in [0.2, 0.25) is 10.0 Å². The van der Waals surface area contributed by atoms with Crippen LogP contribution in [-0.4, -0.2) is 59.3 Å². The lowest BCUT2D eigenvalue weighted by Crippen LogP contribution is -2.29. The molecule has 4 rings (SSSR count). The molecule has 8 nitrogen and oxygen atoms in total. The number of hydrogen-bond acceptors (Lipinski definition) is 6. The Balaban J connectivity index is 1.46. The Labute approximate surface area is 189 Å². The molecule has 1 fully saturated rings. The van der Waals surface area contributed by atoms with E-state index in [0.717, 1.165) is 0 Å². The molecule has 170 valence electrons. The number of nitrogens with zero attached hydrogens (tertiary/aromatic N) is 3. The number of hydrogen-bond donors (Lipinski definition) is 1. The van der Waals surface area contributed by atoms with Gasteiger partial charge in [0.15, 0.2) is 5.16 Å². The van der Waals surface area contributed by atoms with Crippen LogP contribution in [0.3, 0.4) is 0 Å². The number of sulfonamides is 1. The van der Waals surface area contributed by atoms with Crippen LogP contribution in [0.15, 0.2) is 52.5 Å². The highest BCUT2D eigenvalue weighted by Gasteiger charge is 2.33. The van der Waals surface area contributed by atoms with Crippen LogP contribution in [-0.2, 0) is 21.4 Å². The van der Waals surface area contributed by atoms with Crippen molar-refractivity contribution in [1.29, 1.82) is 0 Å². The summed E-state index contributed by atoms with van der Waals surface area (Å²) in [6.07, 6.45) is 0.691. The van der Waals surface area contributed by atoms with Crippen molar-refractivity contribution in [3.8, 4) is 5.75 Å². The fraction of sp³-hybridized carbons (Fsp3) is 0.333. The van der Waals surface area contributed by atoms with Crippen LogP contribution in [0.5, 0.6) is 5.75 Å². The number of methoxy groups -OCH3 is 1. The molecule has 2 heterocycles. The van der Waals surface area contributed by atoms with E-state index in [1.807, 2.05) is 0 Å². The number of imidazole rings is 1. The monoisotopic (exact) mass is 479 g/mol. The van der Waals surface area contributed by atoms with Crippen LogP contribution in [0.25, 0.3) is 11.0 Å². The van der Waals surface area contributed by atoms with E-state index in [-0.39, 0.29) is 17.4 Å². The molecule has 3 aromatic rings. The second-order valence-electron chi connectivity index (χ2n) is 7.51. The van der Waals surface area contributed by atoms with Gasteiger partial charge in [0.25, 0.3) is 0 Å². The second-order valence-corrected chi connectivity index (χ2v) is 10.4. The number of carboxylic acids is 1. The van der Waals surface area contributed by atoms with E-state index in [4.69, 9.17) is 4.74 Å². The molecule has 32 heavy (non-hydrogen) atoms. The molecule has 11 heteroatoms. The van der Waals surface area contributed by atoms with E-state index in [1.54, 1.807) is 16.7 Å². The predicted molar refractivity (Wildman–Crippen MR) is 118 cm³/mol. The Morgan fingerprint density at radius 1 is 1.28 bits per heavy atom. The minimum atomic E-state index is -3.60. The van der Waals surface area contributed by atoms with Crippen LogP contribution in [0.2, 0.25) is 0 Å². The van der Waals surface area contributed by atoms with Gasteiger partial charge >= 0.3 is 5.97 Å². The van der Waals surface area contributed by atoms with Gasteiger partial charge in [0.05, 0.1) is 23.0 Å². The number of benzene rings is 2. The van der Waals surface area contributed by atoms with Crippen molar-refractivity contribution in [3.05, 3.63) is 48.3 Å². The van der Waals surface area contributed by atoms with Crippen LogP contribution in [0.1, 0.15) is 6.42 Å². The Kier molecular flexibility index (Phi) is 6.40. The normalized spacial score (nSPS) is 17.1. The summed E-state index contributed by atoms with van der Waals surface area (Å²) in [5.41, 5.74) is 0.940. The van der Waals surface area contributed by atoms with E-state index < -0.39 is 21.8 Å². The largest absolute Gasteiger partial charge is 0.497 e. The maximum Gasteiger partial charge on any atom is 0.323 e. The van der Waals surface area contributed by atoms with Crippen molar-refractivity contribution in [2.75, 3.05) is 26.0 Å². The Morgan fingerprint density at radius 2 is 2.03 bits per heavy atom. The number of carbonyl (C=O) groups is 1. The predicted octanol–water partition coefficient (Wildman–Crippen LogP) is 3.07. The molecule has 0 saturated carbocycles. The van der Waals surface area contributed by atoms with E-state index in [9.17, 15) is 22.7 Å². The maximum absolute atomic E-state index is 13.6. The molecule has 0 radical (unpaired) electrons. The highest BCUT2D eigenvalue weighted by Crippen LogP contribution is 2.31. The summed E-state index contributed by atoms with van der Waals surface area (Å²) in [7, 11) is -2.08. The number of aromatic nitrogens is 2. The Bertz CT molecular complexity index is 1240. The Morgan fingerprint density at radius 3 is 2.72 bits per heavy atom. The molecule has 1 aliphatic rings. The van der Waals surface area contributed by atoms with Crippen LogP contribution < -0.4 is 4.74 Å². The number of rotatable bonds is 8. The molecule has 0 amide bonds. The smallest absolute Gasteiger partial charge is 0.323 e. The first-order valence-corrected chi connectivity index (χ1v) is 12.3. The second kappa shape index (κ2) is 9.08. The third kappa shape index (κ3) is 4.59. The molecule has 1 aromatic heterocycles. The molecule has 1 saturated heterocycles. The van der Waals surface area contributed by atoms with Gasteiger partial charge in [-0.25, -0.2) is 17.8 Å². The zero-order valence-corrected chi connectivity index (χ0v) is 18.9. The number of halogens is 1. The molecule has 2 aromatic carbocycles. The topological polar surface area (TPSA) is 102 Å². The van der Waals surface area contributed by atoms with Crippen LogP contribution in [0.4, 0.5) is 4.39 Å². The molecule has 1 atom stereocenters. The average Bonchev–Trinajstić information content (AvgIpc) is 3.37. The van der Waals surface area contributed by atoms with Gasteiger partial charge in [0, 0.05) is 24.9 Å². The molecule has 0 aliphatic carbocycles. The highest BCUT2D eigenvalue weighted by molar-refractivity contribution is 7.99. The van der Waals surface area contributed by atoms with Gasteiger partial charge in [0.1, 0.15) is 18.1 Å². The first-order chi connectivity index (χ1) is 15.3. The molecular formula is C21H22FN3O5S2. The zero-order valence-electron chi connectivity index (χ0n) is 17.3. The fourth-order valence-electron chi connectivity index (χ4n) is 3.72. The molecule has 1 unspecified atom stereocenters. The van der Waals surface area contributed by atoms with E-state index in [2.05, 4.69) is 4.98 Å². The summed E-state index contributed by atoms with van der Waals surface area (Å²) in [5, 5.41) is 9.73. The quantitative estimate of drug-likeness (QED) is 0.496. The van der Waals surface area contributed by atoms with Gasteiger partial charge in [-0.15, -0.1) is 0 Å². The van der Waals surface area contributed by atoms with Gasteiger partial charge in [-0.3, -0.25) is 4.79 Å². The number of carboxylic acid groups (broad SMARTS) is 1. The molecule has 0 spiro atoms. The van der Waals surface area contributed by atoms with Crippen molar-refractivity contribution in [2.24, 2.45) is 5.92 Å². The summed E-state index contributed by atoms with van der Waals surface area (Å²) < 4.78 is 47.5. The van der Waals surface area contributed by atoms with Crippen LogP contribution >= 0.6 is 11.8 Å². The van der Waals surface area contributed by atoms with Crippen LogP contribution in [0, 0.1) is 11.7 Å². The highest BCUT2D eigenvalue weighted by atomic mass is 32.2. The third-order valence-corrected chi connectivity index (χ3v) is 8.45. The summed E-state index contributed by atoms with van der Waals surface area (Å²) in [4.78, 5) is 15.9. The fourth-order valence-corrected chi connectivity index (χ4v) is 6.39. The first-order valence-electron chi connectivity index (χ1n) is 9.92. The van der Waals surface area contributed by atoms with Gasteiger partial charge in [-0.05, 0) is 48.7 Å². The lowest BCUT2D eigenvalue weighted by atomic mass is 10.2. The minimum Gasteiger partial charge on any atom is -0.497 e. The molecule has 0 bridgehead atoms. The number of fused-ring (bicyclic) bond motifs is 1. The lowest BCUT2D eigenvalue weighted by molar-refractivity contribution is -0.137.